The largest absolute Gasteiger partial charge is 0.477 e. The molecule has 160 valence electrons. The second-order valence-corrected chi connectivity index (χ2v) is 7.59. The maximum Gasteiger partial charge on any atom is 0.341 e. The van der Waals surface area contributed by atoms with Crippen LogP contribution in [0, 0.1) is 35.0 Å². The summed E-state index contributed by atoms with van der Waals surface area (Å²) in [5, 5.41) is 9.19. The lowest BCUT2D eigenvalue weighted by Gasteiger charge is -2.30. The molecule has 0 aliphatic heterocycles. The summed E-state index contributed by atoms with van der Waals surface area (Å²) in [5.74, 6) is -9.18. The molecule has 0 heterocycles. The number of carboxylic acids is 1. The summed E-state index contributed by atoms with van der Waals surface area (Å²) in [5.41, 5.74) is -1.83. The van der Waals surface area contributed by atoms with Crippen molar-refractivity contribution in [2.24, 2.45) is 5.92 Å². The second-order valence-electron chi connectivity index (χ2n) is 7.59. The summed E-state index contributed by atoms with van der Waals surface area (Å²) in [6.07, 6.45) is 7.68. The van der Waals surface area contributed by atoms with Crippen molar-refractivity contribution in [1.82, 2.24) is 0 Å². The zero-order chi connectivity index (χ0) is 22.0. The molecule has 0 bridgehead atoms. The first-order chi connectivity index (χ1) is 14.2. The highest BCUT2D eigenvalue weighted by Gasteiger charge is 2.30. The van der Waals surface area contributed by atoms with E-state index < -0.39 is 46.2 Å². The minimum Gasteiger partial charge on any atom is -0.477 e. The standard InChI is InChI=1S/C23H21F5O2/c1-2-3-4-12-5-7-13(8-6-12)15-11-16(24)20(23(29)30)22(28)19(15)14-9-17(25)21(27)18(26)10-14/h2-3,9-13H,4-8H2,1H3,(H,29,30). The molecule has 0 amide bonds. The lowest BCUT2D eigenvalue weighted by molar-refractivity contribution is 0.0686. The molecular weight excluding hydrogens is 403 g/mol. The number of carboxylic acid groups (broad SMARTS) is 1. The van der Waals surface area contributed by atoms with Crippen molar-refractivity contribution in [2.75, 3.05) is 0 Å². The molecule has 0 spiro atoms. The number of hydrogen-bond donors (Lipinski definition) is 1. The Morgan fingerprint density at radius 3 is 2.10 bits per heavy atom. The van der Waals surface area contributed by atoms with Crippen LogP contribution in [0.2, 0.25) is 0 Å². The van der Waals surface area contributed by atoms with Crippen molar-refractivity contribution >= 4 is 5.97 Å². The lowest BCUT2D eigenvalue weighted by atomic mass is 9.75. The maximum atomic E-state index is 15.1. The van der Waals surface area contributed by atoms with Crippen LogP contribution < -0.4 is 0 Å². The van der Waals surface area contributed by atoms with Crippen LogP contribution in [0.25, 0.3) is 11.1 Å². The van der Waals surface area contributed by atoms with Gasteiger partial charge in [0.15, 0.2) is 17.5 Å². The van der Waals surface area contributed by atoms with E-state index in [9.17, 15) is 27.5 Å². The Balaban J connectivity index is 2.11. The van der Waals surface area contributed by atoms with Crippen molar-refractivity contribution in [3.05, 3.63) is 70.6 Å². The molecular formula is C23H21F5O2. The van der Waals surface area contributed by atoms with E-state index in [1.54, 1.807) is 0 Å². The molecule has 1 N–H and O–H groups in total. The predicted octanol–water partition coefficient (Wildman–Crippen LogP) is 6.99. The second kappa shape index (κ2) is 8.98. The summed E-state index contributed by atoms with van der Waals surface area (Å²) in [7, 11) is 0. The minimum atomic E-state index is -1.84. The van der Waals surface area contributed by atoms with E-state index in [1.807, 2.05) is 13.0 Å². The Hall–Kier alpha value is -2.70. The van der Waals surface area contributed by atoms with Gasteiger partial charge < -0.3 is 5.11 Å². The first-order valence-corrected chi connectivity index (χ1v) is 9.75. The molecule has 0 atom stereocenters. The van der Waals surface area contributed by atoms with E-state index in [4.69, 9.17) is 0 Å². The molecule has 1 saturated carbocycles. The molecule has 1 aliphatic carbocycles. The Bertz CT molecular complexity index is 969. The van der Waals surface area contributed by atoms with Crippen LogP contribution in [-0.2, 0) is 0 Å². The normalized spacial score (nSPS) is 19.4. The molecule has 0 saturated heterocycles. The zero-order valence-electron chi connectivity index (χ0n) is 16.3. The van der Waals surface area contributed by atoms with Crippen LogP contribution in [0.1, 0.15) is 60.9 Å². The lowest BCUT2D eigenvalue weighted by Crippen LogP contribution is -2.16. The van der Waals surface area contributed by atoms with Gasteiger partial charge in [-0.05, 0) is 80.2 Å². The quantitative estimate of drug-likeness (QED) is 0.319. The average Bonchev–Trinajstić information content (AvgIpc) is 2.69. The van der Waals surface area contributed by atoms with Crippen molar-refractivity contribution in [2.45, 2.75) is 44.9 Å². The molecule has 2 aromatic rings. The van der Waals surface area contributed by atoms with Gasteiger partial charge in [-0.15, -0.1) is 0 Å². The summed E-state index contributed by atoms with van der Waals surface area (Å²) < 4.78 is 70.6. The van der Waals surface area contributed by atoms with E-state index in [-0.39, 0.29) is 17.0 Å². The van der Waals surface area contributed by atoms with Crippen LogP contribution in [0.15, 0.2) is 30.4 Å². The van der Waals surface area contributed by atoms with Crippen LogP contribution in [0.4, 0.5) is 22.0 Å². The average molecular weight is 424 g/mol. The third-order valence-electron chi connectivity index (χ3n) is 5.73. The fourth-order valence-corrected chi connectivity index (χ4v) is 4.19. The van der Waals surface area contributed by atoms with Crippen LogP contribution in [0.3, 0.4) is 0 Å². The van der Waals surface area contributed by atoms with E-state index in [0.29, 0.717) is 30.9 Å². The molecule has 2 nitrogen and oxygen atoms in total. The summed E-state index contributed by atoms with van der Waals surface area (Å²) >= 11 is 0. The SMILES string of the molecule is CC=CCC1CCC(c2cc(F)c(C(=O)O)c(F)c2-c2cc(F)c(F)c(F)c2)CC1. The Kier molecular flexibility index (Phi) is 6.58. The molecule has 2 aromatic carbocycles. The molecule has 0 unspecified atom stereocenters. The van der Waals surface area contributed by atoms with E-state index in [1.165, 1.54) is 0 Å². The van der Waals surface area contributed by atoms with Gasteiger partial charge in [-0.1, -0.05) is 12.2 Å². The van der Waals surface area contributed by atoms with E-state index in [0.717, 1.165) is 25.3 Å². The van der Waals surface area contributed by atoms with Crippen molar-refractivity contribution < 1.29 is 31.9 Å². The highest BCUT2D eigenvalue weighted by atomic mass is 19.2. The van der Waals surface area contributed by atoms with Gasteiger partial charge in [0.25, 0.3) is 0 Å². The Labute approximate surface area is 171 Å². The highest BCUT2D eigenvalue weighted by molar-refractivity contribution is 5.91. The Morgan fingerprint density at radius 2 is 1.57 bits per heavy atom. The predicted molar refractivity (Wildman–Crippen MR) is 103 cm³/mol. The molecule has 3 rings (SSSR count). The van der Waals surface area contributed by atoms with Gasteiger partial charge in [-0.25, -0.2) is 26.7 Å². The molecule has 1 fully saturated rings. The number of benzene rings is 2. The van der Waals surface area contributed by atoms with Gasteiger partial charge in [0.05, 0.1) is 0 Å². The smallest absolute Gasteiger partial charge is 0.341 e. The first kappa shape index (κ1) is 22.0. The van der Waals surface area contributed by atoms with Gasteiger partial charge in [0.1, 0.15) is 17.2 Å². The van der Waals surface area contributed by atoms with Gasteiger partial charge >= 0.3 is 5.97 Å². The monoisotopic (exact) mass is 424 g/mol. The van der Waals surface area contributed by atoms with Crippen LogP contribution >= 0.6 is 0 Å². The third-order valence-corrected chi connectivity index (χ3v) is 5.73. The van der Waals surface area contributed by atoms with E-state index in [2.05, 4.69) is 6.08 Å². The number of hydrogen-bond acceptors (Lipinski definition) is 1. The van der Waals surface area contributed by atoms with Crippen molar-refractivity contribution in [3.8, 4) is 11.1 Å². The van der Waals surface area contributed by atoms with Crippen LogP contribution in [0.5, 0.6) is 0 Å². The van der Waals surface area contributed by atoms with Crippen LogP contribution in [-0.4, -0.2) is 11.1 Å². The Morgan fingerprint density at radius 1 is 0.967 bits per heavy atom. The number of rotatable bonds is 5. The highest BCUT2D eigenvalue weighted by Crippen LogP contribution is 2.43. The molecule has 7 heteroatoms. The molecule has 30 heavy (non-hydrogen) atoms. The topological polar surface area (TPSA) is 37.3 Å². The fourth-order valence-electron chi connectivity index (χ4n) is 4.19. The number of aromatic carboxylic acids is 1. The maximum absolute atomic E-state index is 15.1. The molecule has 0 aromatic heterocycles. The van der Waals surface area contributed by atoms with Gasteiger partial charge in [0.2, 0.25) is 0 Å². The number of halogens is 5. The molecule has 1 aliphatic rings. The summed E-state index contributed by atoms with van der Waals surface area (Å²) in [4.78, 5) is 11.4. The third kappa shape index (κ3) is 4.25. The minimum absolute atomic E-state index is 0.143. The van der Waals surface area contributed by atoms with Gasteiger partial charge in [-0.3, -0.25) is 0 Å². The zero-order valence-corrected chi connectivity index (χ0v) is 16.3. The summed E-state index contributed by atoms with van der Waals surface area (Å²) in [6, 6.07) is 2.13. The number of allylic oxidation sites excluding steroid dienone is 2. The fraction of sp³-hybridized carbons (Fsp3) is 0.348. The summed E-state index contributed by atoms with van der Waals surface area (Å²) in [6.45, 7) is 1.93. The first-order valence-electron chi connectivity index (χ1n) is 9.75. The number of carbonyl (C=O) groups is 1. The van der Waals surface area contributed by atoms with Gasteiger partial charge in [0, 0.05) is 5.56 Å². The molecule has 0 radical (unpaired) electrons. The van der Waals surface area contributed by atoms with Gasteiger partial charge in [-0.2, -0.15) is 0 Å². The van der Waals surface area contributed by atoms with E-state index >= 15 is 4.39 Å². The van der Waals surface area contributed by atoms with Crippen molar-refractivity contribution in [1.29, 1.82) is 0 Å². The van der Waals surface area contributed by atoms with Crippen molar-refractivity contribution in [3.63, 3.8) is 0 Å².